The van der Waals surface area contributed by atoms with Gasteiger partial charge in [0.05, 0.1) is 39.6 Å². The fourth-order valence-electron chi connectivity index (χ4n) is 3.24. The van der Waals surface area contributed by atoms with Crippen LogP contribution in [0.3, 0.4) is 0 Å². The van der Waals surface area contributed by atoms with Gasteiger partial charge in [-0.15, -0.1) is 0 Å². The standard InChI is InChI=1S/C24H30N2O6/c27-23-19-31-17-18-32-20-24(28)26(22-9-5-2-6-10-22)12-14-30-16-15-29-13-11-25(23)21-7-3-1-4-8-21/h1-10H,11-20H2. The number of ether oxygens (including phenoxy) is 4. The van der Waals surface area contributed by atoms with Crippen molar-refractivity contribution in [3.05, 3.63) is 60.7 Å². The second-order valence-electron chi connectivity index (χ2n) is 7.09. The maximum Gasteiger partial charge on any atom is 0.253 e. The number of hydrogen-bond acceptors (Lipinski definition) is 6. The fourth-order valence-corrected chi connectivity index (χ4v) is 3.24. The lowest BCUT2D eigenvalue weighted by atomic mass is 10.3. The van der Waals surface area contributed by atoms with Crippen LogP contribution in [0, 0.1) is 0 Å². The van der Waals surface area contributed by atoms with Crippen LogP contribution in [0.2, 0.25) is 0 Å². The third-order valence-corrected chi connectivity index (χ3v) is 4.85. The zero-order valence-electron chi connectivity index (χ0n) is 18.2. The number of carbonyl (C=O) groups excluding carboxylic acids is 2. The van der Waals surface area contributed by atoms with Crippen LogP contribution >= 0.6 is 0 Å². The Morgan fingerprint density at radius 1 is 0.500 bits per heavy atom. The van der Waals surface area contributed by atoms with Gasteiger partial charge in [-0.05, 0) is 24.3 Å². The minimum Gasteiger partial charge on any atom is -0.377 e. The highest BCUT2D eigenvalue weighted by atomic mass is 16.5. The Morgan fingerprint density at radius 3 is 1.28 bits per heavy atom. The van der Waals surface area contributed by atoms with Gasteiger partial charge in [0, 0.05) is 24.5 Å². The molecule has 2 aromatic rings. The number of nitrogens with zero attached hydrogens (tertiary/aromatic N) is 2. The molecule has 172 valence electrons. The van der Waals surface area contributed by atoms with Crippen LogP contribution in [0.15, 0.2) is 60.7 Å². The minimum atomic E-state index is -0.163. The zero-order valence-corrected chi connectivity index (χ0v) is 18.2. The molecular formula is C24H30N2O6. The van der Waals surface area contributed by atoms with Gasteiger partial charge in [0.1, 0.15) is 13.2 Å². The molecule has 1 aliphatic heterocycles. The first-order valence-electron chi connectivity index (χ1n) is 10.8. The van der Waals surface area contributed by atoms with Crippen molar-refractivity contribution in [1.29, 1.82) is 0 Å². The number of carbonyl (C=O) groups is 2. The van der Waals surface area contributed by atoms with E-state index in [1.807, 2.05) is 60.7 Å². The summed E-state index contributed by atoms with van der Waals surface area (Å²) in [6.45, 7) is 2.66. The Kier molecular flexibility index (Phi) is 10.1. The average Bonchev–Trinajstić information content (AvgIpc) is 2.83. The Labute approximate surface area is 188 Å². The van der Waals surface area contributed by atoms with Crippen molar-refractivity contribution in [3.8, 4) is 0 Å². The van der Waals surface area contributed by atoms with Gasteiger partial charge in [-0.1, -0.05) is 36.4 Å². The van der Waals surface area contributed by atoms with E-state index in [0.29, 0.717) is 39.5 Å². The molecule has 1 heterocycles. The molecular weight excluding hydrogens is 412 g/mol. The molecule has 2 amide bonds. The molecule has 3 rings (SSSR count). The average molecular weight is 443 g/mol. The first-order valence-corrected chi connectivity index (χ1v) is 10.8. The van der Waals surface area contributed by atoms with Crippen LogP contribution in [0.5, 0.6) is 0 Å². The smallest absolute Gasteiger partial charge is 0.253 e. The maximum atomic E-state index is 12.7. The fraction of sp³-hybridized carbons (Fsp3) is 0.417. The molecule has 0 N–H and O–H groups in total. The van der Waals surface area contributed by atoms with Crippen molar-refractivity contribution in [2.75, 3.05) is 75.7 Å². The number of anilines is 2. The second kappa shape index (κ2) is 13.6. The summed E-state index contributed by atoms with van der Waals surface area (Å²) in [5, 5.41) is 0. The van der Waals surface area contributed by atoms with Crippen LogP contribution < -0.4 is 9.80 Å². The zero-order chi connectivity index (χ0) is 22.4. The summed E-state index contributed by atoms with van der Waals surface area (Å²) in [4.78, 5) is 28.6. The third kappa shape index (κ3) is 7.72. The van der Waals surface area contributed by atoms with E-state index in [1.54, 1.807) is 9.80 Å². The number of amides is 2. The van der Waals surface area contributed by atoms with E-state index in [9.17, 15) is 9.59 Å². The van der Waals surface area contributed by atoms with Crippen LogP contribution in [0.25, 0.3) is 0 Å². The molecule has 32 heavy (non-hydrogen) atoms. The van der Waals surface area contributed by atoms with Gasteiger partial charge in [0.2, 0.25) is 0 Å². The van der Waals surface area contributed by atoms with Gasteiger partial charge in [0.25, 0.3) is 11.8 Å². The highest BCUT2D eigenvalue weighted by Crippen LogP contribution is 2.14. The largest absolute Gasteiger partial charge is 0.377 e. The predicted molar refractivity (Wildman–Crippen MR) is 121 cm³/mol. The molecule has 8 heteroatoms. The second-order valence-corrected chi connectivity index (χ2v) is 7.09. The molecule has 1 fully saturated rings. The van der Waals surface area contributed by atoms with Crippen molar-refractivity contribution in [3.63, 3.8) is 0 Å². The lowest BCUT2D eigenvalue weighted by Crippen LogP contribution is -2.38. The summed E-state index contributed by atoms with van der Waals surface area (Å²) in [5.41, 5.74) is 1.58. The number of hydrogen-bond donors (Lipinski definition) is 0. The lowest BCUT2D eigenvalue weighted by molar-refractivity contribution is -0.126. The molecule has 0 unspecified atom stereocenters. The van der Waals surface area contributed by atoms with Gasteiger partial charge in [-0.25, -0.2) is 0 Å². The first kappa shape index (κ1) is 23.9. The summed E-state index contributed by atoms with van der Waals surface area (Å²) in [7, 11) is 0. The lowest BCUT2D eigenvalue weighted by Gasteiger charge is -2.24. The Hall–Kier alpha value is -2.78. The molecule has 1 saturated heterocycles. The van der Waals surface area contributed by atoms with Crippen molar-refractivity contribution in [1.82, 2.24) is 0 Å². The molecule has 1 aliphatic rings. The maximum absolute atomic E-state index is 12.7. The quantitative estimate of drug-likeness (QED) is 0.709. The van der Waals surface area contributed by atoms with E-state index in [0.717, 1.165) is 11.4 Å². The van der Waals surface area contributed by atoms with Crippen molar-refractivity contribution in [2.45, 2.75) is 0 Å². The summed E-state index contributed by atoms with van der Waals surface area (Å²) in [6, 6.07) is 18.8. The molecule has 0 radical (unpaired) electrons. The Balaban J connectivity index is 1.57. The monoisotopic (exact) mass is 442 g/mol. The van der Waals surface area contributed by atoms with E-state index in [-0.39, 0.29) is 38.2 Å². The predicted octanol–water partition coefficient (Wildman–Crippen LogP) is 2.13. The summed E-state index contributed by atoms with van der Waals surface area (Å²) < 4.78 is 22.3. The Morgan fingerprint density at radius 2 is 0.875 bits per heavy atom. The first-order chi connectivity index (χ1) is 15.8. The number of rotatable bonds is 2. The van der Waals surface area contributed by atoms with E-state index >= 15 is 0 Å². The molecule has 0 aromatic heterocycles. The van der Waals surface area contributed by atoms with Crippen LogP contribution in [-0.2, 0) is 28.5 Å². The molecule has 0 saturated carbocycles. The molecule has 0 atom stereocenters. The van der Waals surface area contributed by atoms with Gasteiger partial charge in [-0.3, -0.25) is 9.59 Å². The molecule has 0 aliphatic carbocycles. The molecule has 2 aromatic carbocycles. The number of benzene rings is 2. The van der Waals surface area contributed by atoms with Gasteiger partial charge in [-0.2, -0.15) is 0 Å². The molecule has 8 nitrogen and oxygen atoms in total. The van der Waals surface area contributed by atoms with E-state index in [4.69, 9.17) is 18.9 Å². The normalized spacial score (nSPS) is 18.8. The minimum absolute atomic E-state index is 0.0779. The molecule has 0 bridgehead atoms. The van der Waals surface area contributed by atoms with Crippen molar-refractivity contribution < 1.29 is 28.5 Å². The van der Waals surface area contributed by atoms with E-state index in [2.05, 4.69) is 0 Å². The summed E-state index contributed by atoms with van der Waals surface area (Å²) in [5.74, 6) is -0.327. The van der Waals surface area contributed by atoms with Crippen LogP contribution in [0.4, 0.5) is 11.4 Å². The highest BCUT2D eigenvalue weighted by Gasteiger charge is 2.17. The van der Waals surface area contributed by atoms with Gasteiger partial charge >= 0.3 is 0 Å². The van der Waals surface area contributed by atoms with E-state index < -0.39 is 0 Å². The SMILES string of the molecule is O=C1COCCOCC(=O)N(c2ccccc2)CCOCCOCCN1c1ccccc1. The topological polar surface area (TPSA) is 77.5 Å². The van der Waals surface area contributed by atoms with Crippen molar-refractivity contribution in [2.24, 2.45) is 0 Å². The van der Waals surface area contributed by atoms with Gasteiger partial charge in [0.15, 0.2) is 0 Å². The van der Waals surface area contributed by atoms with Gasteiger partial charge < -0.3 is 28.7 Å². The van der Waals surface area contributed by atoms with Crippen LogP contribution in [-0.4, -0.2) is 77.8 Å². The van der Waals surface area contributed by atoms with E-state index in [1.165, 1.54) is 0 Å². The summed E-state index contributed by atoms with van der Waals surface area (Å²) in [6.07, 6.45) is 0. The molecule has 0 spiro atoms. The third-order valence-electron chi connectivity index (χ3n) is 4.85. The Bertz CT molecular complexity index is 748. The highest BCUT2D eigenvalue weighted by molar-refractivity contribution is 5.94. The number of para-hydroxylation sites is 2. The van der Waals surface area contributed by atoms with Crippen molar-refractivity contribution >= 4 is 23.2 Å². The summed E-state index contributed by atoms with van der Waals surface area (Å²) >= 11 is 0. The van der Waals surface area contributed by atoms with Crippen LogP contribution in [0.1, 0.15) is 0 Å².